The zero-order chi connectivity index (χ0) is 15.4. The molecule has 2 aromatic rings. The van der Waals surface area contributed by atoms with Crippen molar-refractivity contribution in [3.05, 3.63) is 35.7 Å². The number of ether oxygens (including phenoxy) is 1. The van der Waals surface area contributed by atoms with Gasteiger partial charge in [0.2, 0.25) is 0 Å². The van der Waals surface area contributed by atoms with Gasteiger partial charge in [0.25, 0.3) is 0 Å². The van der Waals surface area contributed by atoms with Gasteiger partial charge in [-0.15, -0.1) is 0 Å². The maximum Gasteiger partial charge on any atom is 0.341 e. The lowest BCUT2D eigenvalue weighted by Gasteiger charge is -2.08. The second-order valence-corrected chi connectivity index (χ2v) is 4.33. The molecule has 2 N–H and O–H groups in total. The quantitative estimate of drug-likeness (QED) is 0.662. The summed E-state index contributed by atoms with van der Waals surface area (Å²) in [6.45, 7) is 3.90. The Kier molecular flexibility index (Phi) is 4.37. The molecule has 6 nitrogen and oxygen atoms in total. The SMILES string of the molecule is CCOC(=O)c1cnc(-c2ccc(O)c(O)c2)nc1CC. The minimum atomic E-state index is -0.450. The van der Waals surface area contributed by atoms with Gasteiger partial charge in [-0.2, -0.15) is 0 Å². The van der Waals surface area contributed by atoms with Crippen LogP contribution in [0.1, 0.15) is 29.9 Å². The number of carbonyl (C=O) groups excluding carboxylic acids is 1. The number of aromatic hydroxyl groups is 2. The maximum absolute atomic E-state index is 11.8. The number of phenols is 2. The number of benzene rings is 1. The number of carbonyl (C=O) groups is 1. The lowest BCUT2D eigenvalue weighted by molar-refractivity contribution is 0.0524. The molecule has 0 amide bonds. The van der Waals surface area contributed by atoms with E-state index in [9.17, 15) is 15.0 Å². The topological polar surface area (TPSA) is 92.5 Å². The summed E-state index contributed by atoms with van der Waals surface area (Å²) in [5, 5.41) is 18.8. The summed E-state index contributed by atoms with van der Waals surface area (Å²) in [5.41, 5.74) is 1.47. The van der Waals surface area contributed by atoms with Gasteiger partial charge in [-0.25, -0.2) is 14.8 Å². The Hall–Kier alpha value is -2.63. The largest absolute Gasteiger partial charge is 0.504 e. The van der Waals surface area contributed by atoms with Gasteiger partial charge in [0.1, 0.15) is 0 Å². The molecule has 2 rings (SSSR count). The van der Waals surface area contributed by atoms with Crippen LogP contribution < -0.4 is 0 Å². The van der Waals surface area contributed by atoms with Crippen molar-refractivity contribution < 1.29 is 19.7 Å². The molecular weight excluding hydrogens is 272 g/mol. The molecule has 0 aliphatic heterocycles. The van der Waals surface area contributed by atoms with Gasteiger partial charge in [-0.3, -0.25) is 0 Å². The number of rotatable bonds is 4. The third kappa shape index (κ3) is 3.10. The number of nitrogens with zero attached hydrogens (tertiary/aromatic N) is 2. The first-order chi connectivity index (χ1) is 10.1. The van der Waals surface area contributed by atoms with E-state index in [0.29, 0.717) is 29.1 Å². The molecule has 6 heteroatoms. The van der Waals surface area contributed by atoms with E-state index in [-0.39, 0.29) is 18.1 Å². The molecule has 0 unspecified atom stereocenters. The lowest BCUT2D eigenvalue weighted by Crippen LogP contribution is -2.11. The molecule has 0 aliphatic rings. The molecule has 110 valence electrons. The highest BCUT2D eigenvalue weighted by molar-refractivity contribution is 5.90. The van der Waals surface area contributed by atoms with Crippen LogP contribution in [0.5, 0.6) is 11.5 Å². The predicted molar refractivity (Wildman–Crippen MR) is 76.1 cm³/mol. The second-order valence-electron chi connectivity index (χ2n) is 4.33. The average molecular weight is 288 g/mol. The second kappa shape index (κ2) is 6.21. The van der Waals surface area contributed by atoms with Crippen molar-refractivity contribution in [1.29, 1.82) is 0 Å². The molecule has 0 aliphatic carbocycles. The zero-order valence-electron chi connectivity index (χ0n) is 11.8. The first kappa shape index (κ1) is 14.8. The highest BCUT2D eigenvalue weighted by atomic mass is 16.5. The molecule has 0 bridgehead atoms. The minimum Gasteiger partial charge on any atom is -0.504 e. The van der Waals surface area contributed by atoms with Crippen LogP contribution in [0.25, 0.3) is 11.4 Å². The van der Waals surface area contributed by atoms with E-state index < -0.39 is 5.97 Å². The Morgan fingerprint density at radius 2 is 2.00 bits per heavy atom. The Morgan fingerprint density at radius 3 is 2.62 bits per heavy atom. The van der Waals surface area contributed by atoms with Crippen LogP contribution in [0.3, 0.4) is 0 Å². The Balaban J connectivity index is 2.42. The summed E-state index contributed by atoms with van der Waals surface area (Å²) in [5.74, 6) is -0.536. The summed E-state index contributed by atoms with van der Waals surface area (Å²) in [7, 11) is 0. The van der Waals surface area contributed by atoms with Crippen LogP contribution in [0.2, 0.25) is 0 Å². The summed E-state index contributed by atoms with van der Waals surface area (Å²) in [6.07, 6.45) is 1.97. The normalized spacial score (nSPS) is 10.4. The molecule has 1 aromatic carbocycles. The third-order valence-corrected chi connectivity index (χ3v) is 2.93. The molecule has 0 atom stereocenters. The van der Waals surface area contributed by atoms with Gasteiger partial charge >= 0.3 is 5.97 Å². The number of esters is 1. The Labute approximate surface area is 122 Å². The fraction of sp³-hybridized carbons (Fsp3) is 0.267. The van der Waals surface area contributed by atoms with Gasteiger partial charge in [-0.05, 0) is 31.5 Å². The molecular formula is C15H16N2O4. The first-order valence-corrected chi connectivity index (χ1v) is 6.62. The van der Waals surface area contributed by atoms with Gasteiger partial charge < -0.3 is 14.9 Å². The van der Waals surface area contributed by atoms with Gasteiger partial charge in [0.15, 0.2) is 17.3 Å². The summed E-state index contributed by atoms with van der Waals surface area (Å²) >= 11 is 0. The van der Waals surface area contributed by atoms with Crippen molar-refractivity contribution in [2.75, 3.05) is 6.61 Å². The maximum atomic E-state index is 11.8. The van der Waals surface area contributed by atoms with E-state index in [1.807, 2.05) is 6.92 Å². The van der Waals surface area contributed by atoms with E-state index in [0.717, 1.165) is 0 Å². The molecule has 0 saturated carbocycles. The number of aryl methyl sites for hydroxylation is 1. The molecule has 0 saturated heterocycles. The van der Waals surface area contributed by atoms with Gasteiger partial charge in [0, 0.05) is 11.8 Å². The first-order valence-electron chi connectivity index (χ1n) is 6.62. The minimum absolute atomic E-state index is 0.211. The number of aromatic nitrogens is 2. The van der Waals surface area contributed by atoms with E-state index in [1.165, 1.54) is 18.3 Å². The number of phenolic OH excluding ortho intramolecular Hbond substituents is 2. The van der Waals surface area contributed by atoms with Crippen molar-refractivity contribution in [3.8, 4) is 22.9 Å². The average Bonchev–Trinajstić information content (AvgIpc) is 2.49. The molecule has 0 radical (unpaired) electrons. The van der Waals surface area contributed by atoms with E-state index in [2.05, 4.69) is 9.97 Å². The number of hydrogen-bond donors (Lipinski definition) is 2. The van der Waals surface area contributed by atoms with Crippen LogP contribution in [-0.2, 0) is 11.2 Å². The summed E-state index contributed by atoms with van der Waals surface area (Å²) in [4.78, 5) is 20.3. The van der Waals surface area contributed by atoms with Crippen molar-refractivity contribution in [2.45, 2.75) is 20.3 Å². The highest BCUT2D eigenvalue weighted by Crippen LogP contribution is 2.29. The molecule has 21 heavy (non-hydrogen) atoms. The van der Waals surface area contributed by atoms with E-state index in [1.54, 1.807) is 13.0 Å². The van der Waals surface area contributed by atoms with E-state index >= 15 is 0 Å². The van der Waals surface area contributed by atoms with Crippen molar-refractivity contribution >= 4 is 5.97 Å². The zero-order valence-corrected chi connectivity index (χ0v) is 11.8. The smallest absolute Gasteiger partial charge is 0.341 e. The molecule has 0 spiro atoms. The van der Waals surface area contributed by atoms with Crippen molar-refractivity contribution in [1.82, 2.24) is 9.97 Å². The highest BCUT2D eigenvalue weighted by Gasteiger charge is 2.15. The van der Waals surface area contributed by atoms with E-state index in [4.69, 9.17) is 4.74 Å². The molecule has 0 fully saturated rings. The lowest BCUT2D eigenvalue weighted by atomic mass is 10.1. The Morgan fingerprint density at radius 1 is 1.24 bits per heavy atom. The molecule has 1 aromatic heterocycles. The standard InChI is InChI=1S/C15H16N2O4/c1-3-11-10(15(20)21-4-2)8-16-14(17-11)9-5-6-12(18)13(19)7-9/h5-8,18-19H,3-4H2,1-2H3. The van der Waals surface area contributed by atoms with Gasteiger partial charge in [0.05, 0.1) is 17.9 Å². The van der Waals surface area contributed by atoms with Crippen LogP contribution >= 0.6 is 0 Å². The molecule has 1 heterocycles. The van der Waals surface area contributed by atoms with Gasteiger partial charge in [-0.1, -0.05) is 6.92 Å². The van der Waals surface area contributed by atoms with Crippen LogP contribution in [0, 0.1) is 0 Å². The predicted octanol–water partition coefficient (Wildman–Crippen LogP) is 2.29. The Bertz CT molecular complexity index is 671. The monoisotopic (exact) mass is 288 g/mol. The number of hydrogen-bond acceptors (Lipinski definition) is 6. The fourth-order valence-corrected chi connectivity index (χ4v) is 1.87. The third-order valence-electron chi connectivity index (χ3n) is 2.93. The summed E-state index contributed by atoms with van der Waals surface area (Å²) < 4.78 is 4.96. The van der Waals surface area contributed by atoms with Crippen molar-refractivity contribution in [2.24, 2.45) is 0 Å². The van der Waals surface area contributed by atoms with Crippen molar-refractivity contribution in [3.63, 3.8) is 0 Å². The van der Waals surface area contributed by atoms with Crippen LogP contribution in [-0.4, -0.2) is 32.8 Å². The summed E-state index contributed by atoms with van der Waals surface area (Å²) in [6, 6.07) is 4.32. The fourth-order valence-electron chi connectivity index (χ4n) is 1.87. The van der Waals surface area contributed by atoms with Crippen LogP contribution in [0.15, 0.2) is 24.4 Å². The van der Waals surface area contributed by atoms with Crippen LogP contribution in [0.4, 0.5) is 0 Å².